The molecule has 8 heteroatoms. The van der Waals surface area contributed by atoms with Gasteiger partial charge in [-0.05, 0) is 37.3 Å². The average molecular weight is 363 g/mol. The van der Waals surface area contributed by atoms with Crippen molar-refractivity contribution >= 4 is 29.2 Å². The van der Waals surface area contributed by atoms with E-state index in [1.807, 2.05) is 18.2 Å². The zero-order chi connectivity index (χ0) is 18.2. The van der Waals surface area contributed by atoms with E-state index in [2.05, 4.69) is 20.9 Å². The van der Waals surface area contributed by atoms with Gasteiger partial charge in [0.2, 0.25) is 5.91 Å². The molecule has 132 valence electrons. The first-order valence-electron chi connectivity index (χ1n) is 7.61. The van der Waals surface area contributed by atoms with Crippen LogP contribution in [0.3, 0.4) is 0 Å². The number of hydrogen-bond acceptors (Lipinski definition) is 5. The van der Waals surface area contributed by atoms with E-state index in [0.717, 1.165) is 5.69 Å². The fourth-order valence-corrected chi connectivity index (χ4v) is 2.18. The lowest BCUT2D eigenvalue weighted by Crippen LogP contribution is -2.44. The summed E-state index contributed by atoms with van der Waals surface area (Å²) in [7, 11) is 1.43. The first kappa shape index (κ1) is 18.5. The number of imide groups is 1. The average Bonchev–Trinajstić information content (AvgIpc) is 2.61. The van der Waals surface area contributed by atoms with E-state index in [-0.39, 0.29) is 0 Å². The van der Waals surface area contributed by atoms with Crippen molar-refractivity contribution in [1.82, 2.24) is 15.6 Å². The molecule has 0 saturated heterocycles. The number of nitrogens with zero attached hydrogens (tertiary/aromatic N) is 1. The Labute approximate surface area is 150 Å². The summed E-state index contributed by atoms with van der Waals surface area (Å²) in [5.74, 6) is 0.0614. The molecule has 0 unspecified atom stereocenters. The van der Waals surface area contributed by atoms with Gasteiger partial charge in [0, 0.05) is 18.9 Å². The number of anilines is 1. The molecule has 3 amide bonds. The van der Waals surface area contributed by atoms with Crippen LogP contribution in [-0.2, 0) is 11.4 Å². The summed E-state index contributed by atoms with van der Waals surface area (Å²) in [6.45, 7) is 1.94. The topological polar surface area (TPSA) is 92.4 Å². The highest BCUT2D eigenvalue weighted by Gasteiger charge is 2.15. The summed E-state index contributed by atoms with van der Waals surface area (Å²) in [5, 5.41) is 7.89. The van der Waals surface area contributed by atoms with Gasteiger partial charge in [-0.3, -0.25) is 15.1 Å². The summed E-state index contributed by atoms with van der Waals surface area (Å²) in [4.78, 5) is 27.2. The van der Waals surface area contributed by atoms with Crippen LogP contribution in [0.5, 0.6) is 5.75 Å². The van der Waals surface area contributed by atoms with Crippen LogP contribution < -0.4 is 20.7 Å². The third-order valence-electron chi connectivity index (χ3n) is 3.27. The Bertz CT molecular complexity index is 740. The molecule has 0 bridgehead atoms. The molecule has 25 heavy (non-hydrogen) atoms. The Morgan fingerprint density at radius 1 is 1.28 bits per heavy atom. The van der Waals surface area contributed by atoms with Crippen LogP contribution >= 0.6 is 11.6 Å². The standard InChI is InChI=1S/C17H19ClN4O3/c1-11(16(23)22-17(24)19-2)21-12-6-7-15(14(18)9-12)25-10-13-5-3-4-8-20-13/h3-9,11,21H,10H2,1-2H3,(H2,19,22,23,24)/t11-/m0/s1. The maximum atomic E-state index is 11.8. The van der Waals surface area contributed by atoms with E-state index in [0.29, 0.717) is 23.1 Å². The lowest BCUT2D eigenvalue weighted by atomic mass is 10.2. The van der Waals surface area contributed by atoms with Crippen LogP contribution in [0, 0.1) is 0 Å². The van der Waals surface area contributed by atoms with Crippen molar-refractivity contribution in [3.63, 3.8) is 0 Å². The number of nitrogens with one attached hydrogen (secondary N) is 3. The molecule has 7 nitrogen and oxygen atoms in total. The minimum absolute atomic E-state index is 0.304. The molecule has 0 spiro atoms. The van der Waals surface area contributed by atoms with Gasteiger partial charge in [0.25, 0.3) is 0 Å². The maximum absolute atomic E-state index is 11.8. The number of benzene rings is 1. The molecule has 0 fully saturated rings. The summed E-state index contributed by atoms with van der Waals surface area (Å²) in [6.07, 6.45) is 1.69. The van der Waals surface area contributed by atoms with Gasteiger partial charge in [0.05, 0.1) is 10.7 Å². The molecular formula is C17H19ClN4O3. The monoisotopic (exact) mass is 362 g/mol. The molecule has 0 saturated carbocycles. The van der Waals surface area contributed by atoms with Crippen LogP contribution in [-0.4, -0.2) is 30.0 Å². The first-order valence-corrected chi connectivity index (χ1v) is 7.98. The smallest absolute Gasteiger partial charge is 0.321 e. The fraction of sp³-hybridized carbons (Fsp3) is 0.235. The molecule has 0 aliphatic heterocycles. The fourth-order valence-electron chi connectivity index (χ4n) is 1.94. The molecule has 1 aromatic heterocycles. The predicted octanol–water partition coefficient (Wildman–Crippen LogP) is 2.57. The van der Waals surface area contributed by atoms with E-state index in [4.69, 9.17) is 16.3 Å². The quantitative estimate of drug-likeness (QED) is 0.734. The zero-order valence-corrected chi connectivity index (χ0v) is 14.6. The lowest BCUT2D eigenvalue weighted by Gasteiger charge is -2.15. The maximum Gasteiger partial charge on any atom is 0.321 e. The second-order valence-electron chi connectivity index (χ2n) is 5.19. The van der Waals surface area contributed by atoms with Crippen LogP contribution in [0.4, 0.5) is 10.5 Å². The van der Waals surface area contributed by atoms with Crippen molar-refractivity contribution in [1.29, 1.82) is 0 Å². The van der Waals surface area contributed by atoms with Crippen molar-refractivity contribution < 1.29 is 14.3 Å². The largest absolute Gasteiger partial charge is 0.486 e. The second kappa shape index (κ2) is 8.89. The van der Waals surface area contributed by atoms with Gasteiger partial charge < -0.3 is 15.4 Å². The third-order valence-corrected chi connectivity index (χ3v) is 3.57. The molecule has 2 aromatic rings. The summed E-state index contributed by atoms with van der Waals surface area (Å²) >= 11 is 6.22. The molecule has 1 atom stereocenters. The van der Waals surface area contributed by atoms with Gasteiger partial charge in [0.15, 0.2) is 0 Å². The first-order chi connectivity index (χ1) is 12.0. The number of carbonyl (C=O) groups is 2. The van der Waals surface area contributed by atoms with Crippen LogP contribution in [0.2, 0.25) is 5.02 Å². The Morgan fingerprint density at radius 3 is 2.72 bits per heavy atom. The molecule has 0 aliphatic rings. The molecule has 2 rings (SSSR count). The van der Waals surface area contributed by atoms with Gasteiger partial charge in [0.1, 0.15) is 18.4 Å². The van der Waals surface area contributed by atoms with E-state index in [1.54, 1.807) is 31.3 Å². The summed E-state index contributed by atoms with van der Waals surface area (Å²) in [6, 6.07) is 9.49. The van der Waals surface area contributed by atoms with Crippen molar-refractivity contribution in [2.24, 2.45) is 0 Å². The number of amides is 3. The highest BCUT2D eigenvalue weighted by Crippen LogP contribution is 2.28. The number of urea groups is 1. The van der Waals surface area contributed by atoms with Gasteiger partial charge >= 0.3 is 6.03 Å². The number of hydrogen-bond donors (Lipinski definition) is 3. The SMILES string of the molecule is CNC(=O)NC(=O)[C@H](C)Nc1ccc(OCc2ccccn2)c(Cl)c1. The Balaban J connectivity index is 1.94. The van der Waals surface area contributed by atoms with E-state index >= 15 is 0 Å². The van der Waals surface area contributed by atoms with Gasteiger partial charge in [-0.15, -0.1) is 0 Å². The number of carbonyl (C=O) groups excluding carboxylic acids is 2. The van der Waals surface area contributed by atoms with E-state index in [1.165, 1.54) is 7.05 Å². The second-order valence-corrected chi connectivity index (χ2v) is 5.60. The van der Waals surface area contributed by atoms with E-state index < -0.39 is 18.0 Å². The summed E-state index contributed by atoms with van der Waals surface area (Å²) < 4.78 is 5.64. The molecule has 1 aromatic carbocycles. The van der Waals surface area contributed by atoms with Gasteiger partial charge in [-0.2, -0.15) is 0 Å². The Morgan fingerprint density at radius 2 is 2.08 bits per heavy atom. The molecular weight excluding hydrogens is 344 g/mol. The number of halogens is 1. The molecule has 0 radical (unpaired) electrons. The minimum atomic E-state index is -0.617. The Kier molecular flexibility index (Phi) is 6.59. The normalized spacial score (nSPS) is 11.3. The molecule has 1 heterocycles. The van der Waals surface area contributed by atoms with Gasteiger partial charge in [-0.1, -0.05) is 17.7 Å². The van der Waals surface area contributed by atoms with Crippen molar-refractivity contribution in [2.75, 3.05) is 12.4 Å². The number of ether oxygens (including phenoxy) is 1. The summed E-state index contributed by atoms with van der Waals surface area (Å²) in [5.41, 5.74) is 1.43. The zero-order valence-electron chi connectivity index (χ0n) is 13.9. The highest BCUT2D eigenvalue weighted by molar-refractivity contribution is 6.32. The third kappa shape index (κ3) is 5.65. The Hall–Kier alpha value is -2.80. The van der Waals surface area contributed by atoms with Crippen molar-refractivity contribution in [2.45, 2.75) is 19.6 Å². The molecule has 0 aliphatic carbocycles. The number of rotatable bonds is 6. The molecule has 3 N–H and O–H groups in total. The van der Waals surface area contributed by atoms with Crippen molar-refractivity contribution in [3.05, 3.63) is 53.3 Å². The number of pyridine rings is 1. The lowest BCUT2D eigenvalue weighted by molar-refractivity contribution is -0.120. The van der Waals surface area contributed by atoms with Crippen molar-refractivity contribution in [3.8, 4) is 5.75 Å². The van der Waals surface area contributed by atoms with Crippen LogP contribution in [0.1, 0.15) is 12.6 Å². The number of aromatic nitrogens is 1. The van der Waals surface area contributed by atoms with Crippen LogP contribution in [0.15, 0.2) is 42.6 Å². The predicted molar refractivity (Wildman–Crippen MR) is 95.7 cm³/mol. The van der Waals surface area contributed by atoms with Crippen LogP contribution in [0.25, 0.3) is 0 Å². The minimum Gasteiger partial charge on any atom is -0.486 e. The van der Waals surface area contributed by atoms with Gasteiger partial charge in [-0.25, -0.2) is 4.79 Å². The van der Waals surface area contributed by atoms with E-state index in [9.17, 15) is 9.59 Å². The highest BCUT2D eigenvalue weighted by atomic mass is 35.5.